The number of hydrogen-bond acceptors (Lipinski definition) is 6. The molecule has 6 nitrogen and oxygen atoms in total. The number of hydrogen-bond donors (Lipinski definition) is 0. The zero-order valence-electron chi connectivity index (χ0n) is 20.4. The van der Waals surface area contributed by atoms with Crippen LogP contribution in [0.3, 0.4) is 0 Å². The molecule has 0 radical (unpaired) electrons. The Kier molecular flexibility index (Phi) is 6.50. The molecule has 4 aromatic carbocycles. The van der Waals surface area contributed by atoms with Gasteiger partial charge in [0.15, 0.2) is 11.3 Å². The van der Waals surface area contributed by atoms with Crippen molar-refractivity contribution in [2.24, 2.45) is 0 Å². The van der Waals surface area contributed by atoms with Crippen molar-refractivity contribution in [1.29, 1.82) is 0 Å². The SMILES string of the molecule is COc1cc(OCc2ccccc2)c2c(=O)oc3c(OCc4ccccc4)c(OC)cc(C)c3c2c1. The van der Waals surface area contributed by atoms with Gasteiger partial charge in [0.05, 0.1) is 14.2 Å². The highest BCUT2D eigenvalue weighted by molar-refractivity contribution is 6.10. The van der Waals surface area contributed by atoms with Crippen LogP contribution in [0.1, 0.15) is 16.7 Å². The predicted molar refractivity (Wildman–Crippen MR) is 139 cm³/mol. The Balaban J connectivity index is 1.69. The van der Waals surface area contributed by atoms with Gasteiger partial charge in [0.1, 0.15) is 30.1 Å². The molecule has 0 unspecified atom stereocenters. The summed E-state index contributed by atoms with van der Waals surface area (Å²) in [4.78, 5) is 13.4. The topological polar surface area (TPSA) is 67.1 Å². The third-order valence-corrected chi connectivity index (χ3v) is 6.06. The number of aryl methyl sites for hydroxylation is 1. The van der Waals surface area contributed by atoms with E-state index in [0.29, 0.717) is 52.6 Å². The van der Waals surface area contributed by atoms with Gasteiger partial charge in [-0.3, -0.25) is 0 Å². The lowest BCUT2D eigenvalue weighted by molar-refractivity contribution is 0.283. The first-order valence-electron chi connectivity index (χ1n) is 11.6. The van der Waals surface area contributed by atoms with Crippen LogP contribution in [-0.2, 0) is 13.2 Å². The van der Waals surface area contributed by atoms with Gasteiger partial charge in [-0.2, -0.15) is 0 Å². The van der Waals surface area contributed by atoms with Crippen LogP contribution >= 0.6 is 0 Å². The van der Waals surface area contributed by atoms with Crippen LogP contribution in [0.5, 0.6) is 23.0 Å². The molecule has 0 N–H and O–H groups in total. The first-order valence-corrected chi connectivity index (χ1v) is 11.6. The molecule has 0 saturated heterocycles. The number of rotatable bonds is 8. The van der Waals surface area contributed by atoms with Crippen molar-refractivity contribution in [2.45, 2.75) is 20.1 Å². The van der Waals surface area contributed by atoms with Gasteiger partial charge in [0.25, 0.3) is 0 Å². The highest BCUT2D eigenvalue weighted by atomic mass is 16.5. The molecule has 1 aromatic heterocycles. The van der Waals surface area contributed by atoms with Gasteiger partial charge in [-0.15, -0.1) is 0 Å². The van der Waals surface area contributed by atoms with Crippen molar-refractivity contribution in [3.05, 3.63) is 106 Å². The van der Waals surface area contributed by atoms with Crippen molar-refractivity contribution in [3.63, 3.8) is 0 Å². The molecule has 0 saturated carbocycles. The van der Waals surface area contributed by atoms with E-state index >= 15 is 0 Å². The number of ether oxygens (including phenoxy) is 4. The highest BCUT2D eigenvalue weighted by Gasteiger charge is 2.22. The highest BCUT2D eigenvalue weighted by Crippen LogP contribution is 2.43. The molecular weight excluding hydrogens is 456 g/mol. The third-order valence-electron chi connectivity index (χ3n) is 6.06. The van der Waals surface area contributed by atoms with Gasteiger partial charge in [-0.1, -0.05) is 60.7 Å². The number of benzene rings is 4. The predicted octanol–water partition coefficient (Wildman–Crippen LogP) is 6.43. The third kappa shape index (κ3) is 4.45. The Hall–Kier alpha value is -4.45. The maximum atomic E-state index is 13.4. The maximum absolute atomic E-state index is 13.4. The quantitative estimate of drug-likeness (QED) is 0.188. The first kappa shape index (κ1) is 23.3. The molecule has 36 heavy (non-hydrogen) atoms. The molecule has 0 aliphatic rings. The minimum absolute atomic E-state index is 0.292. The molecule has 0 amide bonds. The van der Waals surface area contributed by atoms with Crippen molar-refractivity contribution < 1.29 is 23.4 Å². The Morgan fingerprint density at radius 2 is 1.36 bits per heavy atom. The molecular formula is C30H26O6. The summed E-state index contributed by atoms with van der Waals surface area (Å²) in [5.74, 6) is 1.82. The van der Waals surface area contributed by atoms with Gasteiger partial charge in [-0.05, 0) is 35.7 Å². The summed E-state index contributed by atoms with van der Waals surface area (Å²) < 4.78 is 29.3. The van der Waals surface area contributed by atoms with Gasteiger partial charge in [-0.25, -0.2) is 4.79 Å². The van der Waals surface area contributed by atoms with E-state index in [1.807, 2.05) is 79.7 Å². The second-order valence-corrected chi connectivity index (χ2v) is 8.42. The Morgan fingerprint density at radius 1 is 0.722 bits per heavy atom. The zero-order chi connectivity index (χ0) is 25.1. The molecule has 6 heteroatoms. The molecule has 5 rings (SSSR count). The standard InChI is InChI=1S/C30H26O6/c1-19-14-25(33-3)28(35-18-21-12-8-5-9-13-21)29-26(19)23-15-22(32-2)16-24(27(23)30(31)36-29)34-17-20-10-6-4-7-11-20/h4-16H,17-18H2,1-3H3. The van der Waals surface area contributed by atoms with Crippen molar-refractivity contribution in [3.8, 4) is 23.0 Å². The van der Waals surface area contributed by atoms with E-state index < -0.39 is 5.63 Å². The largest absolute Gasteiger partial charge is 0.497 e. The van der Waals surface area contributed by atoms with Crippen LogP contribution in [0.15, 0.2) is 88.1 Å². The summed E-state index contributed by atoms with van der Waals surface area (Å²) in [6.07, 6.45) is 0. The van der Waals surface area contributed by atoms with Crippen LogP contribution < -0.4 is 24.6 Å². The van der Waals surface area contributed by atoms with Crippen LogP contribution in [0.2, 0.25) is 0 Å². The smallest absolute Gasteiger partial charge is 0.348 e. The summed E-state index contributed by atoms with van der Waals surface area (Å²) in [6, 6.07) is 24.9. The number of methoxy groups -OCH3 is 2. The Morgan fingerprint density at radius 3 is 1.97 bits per heavy atom. The van der Waals surface area contributed by atoms with Gasteiger partial charge < -0.3 is 23.4 Å². The zero-order valence-corrected chi connectivity index (χ0v) is 20.4. The fourth-order valence-electron chi connectivity index (χ4n) is 4.30. The lowest BCUT2D eigenvalue weighted by Crippen LogP contribution is -2.07. The van der Waals surface area contributed by atoms with Crippen LogP contribution in [0.4, 0.5) is 0 Å². The minimum Gasteiger partial charge on any atom is -0.497 e. The molecule has 1 heterocycles. The molecule has 5 aromatic rings. The number of fused-ring (bicyclic) bond motifs is 3. The van der Waals surface area contributed by atoms with E-state index in [-0.39, 0.29) is 0 Å². The minimum atomic E-state index is -0.527. The molecule has 0 aliphatic carbocycles. The van der Waals surface area contributed by atoms with Crippen molar-refractivity contribution >= 4 is 21.7 Å². The van der Waals surface area contributed by atoms with E-state index in [4.69, 9.17) is 23.4 Å². The second-order valence-electron chi connectivity index (χ2n) is 8.42. The van der Waals surface area contributed by atoms with Gasteiger partial charge >= 0.3 is 5.63 Å². The Labute approximate surface area is 208 Å². The van der Waals surface area contributed by atoms with Crippen molar-refractivity contribution in [1.82, 2.24) is 0 Å². The fraction of sp³-hybridized carbons (Fsp3) is 0.167. The van der Waals surface area contributed by atoms with E-state index in [1.165, 1.54) is 0 Å². The maximum Gasteiger partial charge on any atom is 0.348 e. The second kappa shape index (κ2) is 10.0. The summed E-state index contributed by atoms with van der Waals surface area (Å²) in [6.45, 7) is 2.53. The lowest BCUT2D eigenvalue weighted by atomic mass is 10.0. The average molecular weight is 483 g/mol. The molecule has 0 spiro atoms. The lowest BCUT2D eigenvalue weighted by Gasteiger charge is -2.17. The van der Waals surface area contributed by atoms with E-state index in [9.17, 15) is 4.79 Å². The summed E-state index contributed by atoms with van der Waals surface area (Å²) in [5, 5.41) is 1.74. The average Bonchev–Trinajstić information content (AvgIpc) is 2.91. The van der Waals surface area contributed by atoms with Gasteiger partial charge in [0.2, 0.25) is 5.75 Å². The molecule has 0 bridgehead atoms. The van der Waals surface area contributed by atoms with Crippen molar-refractivity contribution in [2.75, 3.05) is 14.2 Å². The molecule has 0 aliphatic heterocycles. The Bertz CT molecular complexity index is 1570. The normalized spacial score (nSPS) is 11.0. The molecule has 0 fully saturated rings. The molecule has 0 atom stereocenters. The van der Waals surface area contributed by atoms with Gasteiger partial charge in [0, 0.05) is 16.8 Å². The van der Waals surface area contributed by atoms with Crippen LogP contribution in [0.25, 0.3) is 21.7 Å². The fourth-order valence-corrected chi connectivity index (χ4v) is 4.30. The van der Waals surface area contributed by atoms with E-state index in [0.717, 1.165) is 22.1 Å². The van der Waals surface area contributed by atoms with Crippen LogP contribution in [-0.4, -0.2) is 14.2 Å². The monoisotopic (exact) mass is 482 g/mol. The van der Waals surface area contributed by atoms with E-state index in [2.05, 4.69) is 0 Å². The first-order chi connectivity index (χ1) is 17.6. The summed E-state index contributed by atoms with van der Waals surface area (Å²) >= 11 is 0. The summed E-state index contributed by atoms with van der Waals surface area (Å²) in [5.41, 5.74) is 2.62. The molecule has 182 valence electrons. The summed E-state index contributed by atoms with van der Waals surface area (Å²) in [7, 11) is 3.15. The van der Waals surface area contributed by atoms with E-state index in [1.54, 1.807) is 20.3 Å². The van der Waals surface area contributed by atoms with Crippen LogP contribution in [0, 0.1) is 6.92 Å².